The van der Waals surface area contributed by atoms with Crippen LogP contribution in [0.4, 0.5) is 0 Å². The summed E-state index contributed by atoms with van der Waals surface area (Å²) in [6, 6.07) is 0. The van der Waals surface area contributed by atoms with Crippen LogP contribution in [0.5, 0.6) is 0 Å². The van der Waals surface area contributed by atoms with Crippen molar-refractivity contribution in [1.82, 2.24) is 0 Å². The van der Waals surface area contributed by atoms with Crippen LogP contribution in [-0.4, -0.2) is 12.6 Å². The van der Waals surface area contributed by atoms with E-state index in [1.54, 1.807) is 0 Å². The summed E-state index contributed by atoms with van der Waals surface area (Å²) in [7, 11) is 0. The van der Waals surface area contributed by atoms with E-state index in [4.69, 9.17) is 4.89 Å². The zero-order valence-corrected chi connectivity index (χ0v) is 11.1. The second-order valence-corrected chi connectivity index (χ2v) is 3.99. The number of hydrogen-bond donors (Lipinski definition) is 0. The summed E-state index contributed by atoms with van der Waals surface area (Å²) in [6.45, 7) is 4.43. The van der Waals surface area contributed by atoms with Gasteiger partial charge in [-0.2, -0.15) is 4.89 Å². The third kappa shape index (κ3) is 12.9. The molecule has 0 heterocycles. The molecule has 0 aliphatic carbocycles. The number of unbranched alkanes of at least 4 members (excludes halogenated alkanes) is 5. The molecular weight excluding hydrogens is 216 g/mol. The average molecular weight is 240 g/mol. The Labute approximate surface area is 105 Å². The van der Waals surface area contributed by atoms with E-state index < -0.39 is 0 Å². The smallest absolute Gasteiger partial charge is 0.297 e. The van der Waals surface area contributed by atoms with Gasteiger partial charge in [-0.1, -0.05) is 45.5 Å². The molecule has 3 nitrogen and oxygen atoms in total. The van der Waals surface area contributed by atoms with Crippen molar-refractivity contribution in [3.8, 4) is 11.8 Å². The normalized spacial score (nSPS) is 9.53. The minimum Gasteiger partial charge on any atom is -0.297 e. The van der Waals surface area contributed by atoms with E-state index in [2.05, 4.69) is 30.6 Å². The van der Waals surface area contributed by atoms with Gasteiger partial charge < -0.3 is 0 Å². The highest BCUT2D eigenvalue weighted by molar-refractivity contribution is 5.68. The Morgan fingerprint density at radius 3 is 2.41 bits per heavy atom. The van der Waals surface area contributed by atoms with E-state index in [-0.39, 0.29) is 12.6 Å². The molecule has 0 aliphatic heterocycles. The van der Waals surface area contributed by atoms with Crippen LogP contribution in [0.2, 0.25) is 0 Å². The van der Waals surface area contributed by atoms with Crippen molar-refractivity contribution < 1.29 is 14.6 Å². The number of carbonyl (C=O) groups is 1. The zero-order chi connectivity index (χ0) is 12.8. The third-order valence-electron chi connectivity index (χ3n) is 2.30. The summed E-state index contributed by atoms with van der Waals surface area (Å²) in [5.74, 6) is 5.50. The van der Waals surface area contributed by atoms with Crippen LogP contribution < -0.4 is 0 Å². The Kier molecular flexibility index (Phi) is 12.3. The van der Waals surface area contributed by atoms with Crippen molar-refractivity contribution in [2.75, 3.05) is 6.61 Å². The summed E-state index contributed by atoms with van der Waals surface area (Å²) < 4.78 is 0. The summed E-state index contributed by atoms with van der Waals surface area (Å²) in [5, 5.41) is 0. The molecule has 0 bridgehead atoms. The maximum atomic E-state index is 11.1. The fraction of sp³-hybridized carbons (Fsp3) is 0.786. The van der Waals surface area contributed by atoms with Gasteiger partial charge in [0.25, 0.3) is 0 Å². The molecule has 0 fully saturated rings. The largest absolute Gasteiger partial charge is 0.342 e. The zero-order valence-electron chi connectivity index (χ0n) is 11.1. The van der Waals surface area contributed by atoms with E-state index in [1.165, 1.54) is 12.8 Å². The minimum absolute atomic E-state index is 0.172. The second-order valence-electron chi connectivity index (χ2n) is 3.99. The van der Waals surface area contributed by atoms with Crippen LogP contribution in [-0.2, 0) is 14.6 Å². The molecule has 0 saturated carbocycles. The van der Waals surface area contributed by atoms with Crippen molar-refractivity contribution in [3.63, 3.8) is 0 Å². The van der Waals surface area contributed by atoms with Gasteiger partial charge in [0.2, 0.25) is 0 Å². The summed E-state index contributed by atoms with van der Waals surface area (Å²) >= 11 is 0. The molecule has 17 heavy (non-hydrogen) atoms. The first-order valence-electron chi connectivity index (χ1n) is 6.59. The molecule has 0 spiro atoms. The molecule has 0 aromatic heterocycles. The lowest BCUT2D eigenvalue weighted by atomic mass is 10.2. The lowest BCUT2D eigenvalue weighted by Crippen LogP contribution is -2.05. The van der Waals surface area contributed by atoms with Gasteiger partial charge in [0.15, 0.2) is 6.61 Å². The molecule has 98 valence electrons. The number of rotatable bonds is 9. The van der Waals surface area contributed by atoms with Gasteiger partial charge in [0.05, 0.1) is 0 Å². The van der Waals surface area contributed by atoms with E-state index in [0.29, 0.717) is 6.42 Å². The quantitative estimate of drug-likeness (QED) is 0.267. The number of carbonyl (C=O) groups excluding carboxylic acids is 1. The molecule has 0 atom stereocenters. The molecule has 0 aromatic carbocycles. The maximum absolute atomic E-state index is 11.1. The van der Waals surface area contributed by atoms with Gasteiger partial charge in [0, 0.05) is 12.8 Å². The van der Waals surface area contributed by atoms with Crippen LogP contribution in [0.25, 0.3) is 0 Å². The van der Waals surface area contributed by atoms with Gasteiger partial charge in [-0.3, -0.25) is 4.89 Å². The highest BCUT2D eigenvalue weighted by Gasteiger charge is 2.02. The van der Waals surface area contributed by atoms with Gasteiger partial charge in [-0.25, -0.2) is 4.79 Å². The molecule has 0 unspecified atom stereocenters. The maximum Gasteiger partial charge on any atom is 0.342 e. The lowest BCUT2D eigenvalue weighted by Gasteiger charge is -1.99. The summed E-state index contributed by atoms with van der Waals surface area (Å²) in [4.78, 5) is 20.4. The Bertz CT molecular complexity index is 238. The van der Waals surface area contributed by atoms with Crippen molar-refractivity contribution in [1.29, 1.82) is 0 Å². The van der Waals surface area contributed by atoms with Gasteiger partial charge in [-0.15, -0.1) is 5.92 Å². The molecule has 0 aromatic rings. The molecular formula is C14H24O3. The molecule has 0 radical (unpaired) electrons. The second kappa shape index (κ2) is 13.1. The Balaban J connectivity index is 3.28. The Morgan fingerprint density at radius 2 is 1.71 bits per heavy atom. The average Bonchev–Trinajstić information content (AvgIpc) is 2.33. The monoisotopic (exact) mass is 240 g/mol. The summed E-state index contributed by atoms with van der Waals surface area (Å²) in [6.07, 6.45) is 7.86. The van der Waals surface area contributed by atoms with Crippen LogP contribution in [0, 0.1) is 11.8 Å². The predicted octanol–water partition coefficient (Wildman–Crippen LogP) is 3.63. The standard InChI is InChI=1S/C14H24O3/c1-3-5-7-8-9-11-13-16-17-14(15)12-10-6-4-2/h3-8,10,12-13H2,1-2H3. The van der Waals surface area contributed by atoms with E-state index in [0.717, 1.165) is 32.1 Å². The Morgan fingerprint density at radius 1 is 1.00 bits per heavy atom. The fourth-order valence-electron chi connectivity index (χ4n) is 1.29. The van der Waals surface area contributed by atoms with Gasteiger partial charge in [-0.05, 0) is 12.8 Å². The van der Waals surface area contributed by atoms with Crippen LogP contribution in [0.1, 0.15) is 65.2 Å². The molecule has 0 aliphatic rings. The summed E-state index contributed by atoms with van der Waals surface area (Å²) in [5.41, 5.74) is 0. The highest BCUT2D eigenvalue weighted by atomic mass is 17.2. The Hall–Kier alpha value is -1.01. The molecule has 3 heteroatoms. The van der Waals surface area contributed by atoms with E-state index >= 15 is 0 Å². The van der Waals surface area contributed by atoms with Gasteiger partial charge >= 0.3 is 5.97 Å². The minimum atomic E-state index is -0.300. The van der Waals surface area contributed by atoms with Crippen molar-refractivity contribution in [2.24, 2.45) is 0 Å². The third-order valence-corrected chi connectivity index (χ3v) is 2.30. The first-order valence-corrected chi connectivity index (χ1v) is 6.59. The number of hydrogen-bond acceptors (Lipinski definition) is 3. The SMILES string of the molecule is CCCCCC#CCOOC(=O)CCCCC. The highest BCUT2D eigenvalue weighted by Crippen LogP contribution is 2.00. The van der Waals surface area contributed by atoms with E-state index in [1.807, 2.05) is 0 Å². The van der Waals surface area contributed by atoms with Crippen LogP contribution >= 0.6 is 0 Å². The molecule has 0 saturated heterocycles. The van der Waals surface area contributed by atoms with Crippen molar-refractivity contribution in [2.45, 2.75) is 65.2 Å². The lowest BCUT2D eigenvalue weighted by molar-refractivity contribution is -0.264. The van der Waals surface area contributed by atoms with Gasteiger partial charge in [0.1, 0.15) is 0 Å². The first kappa shape index (κ1) is 16.0. The first-order chi connectivity index (χ1) is 8.31. The van der Waals surface area contributed by atoms with Crippen LogP contribution in [0.3, 0.4) is 0 Å². The van der Waals surface area contributed by atoms with Crippen LogP contribution in [0.15, 0.2) is 0 Å². The van der Waals surface area contributed by atoms with Crippen molar-refractivity contribution in [3.05, 3.63) is 0 Å². The molecule has 0 amide bonds. The van der Waals surface area contributed by atoms with E-state index in [9.17, 15) is 4.79 Å². The fourth-order valence-corrected chi connectivity index (χ4v) is 1.29. The van der Waals surface area contributed by atoms with Crippen molar-refractivity contribution >= 4 is 5.97 Å². The predicted molar refractivity (Wildman–Crippen MR) is 68.1 cm³/mol. The topological polar surface area (TPSA) is 35.5 Å². The molecule has 0 rings (SSSR count). The molecule has 0 N–H and O–H groups in total.